The van der Waals surface area contributed by atoms with E-state index in [-0.39, 0.29) is 29.1 Å². The van der Waals surface area contributed by atoms with Crippen LogP contribution in [0, 0.1) is 0 Å². The van der Waals surface area contributed by atoms with Gasteiger partial charge in [-0.25, -0.2) is 8.42 Å². The molecule has 1 N–H and O–H groups in total. The second-order valence-corrected chi connectivity index (χ2v) is 12.7. The van der Waals surface area contributed by atoms with Gasteiger partial charge in [-0.1, -0.05) is 68.1 Å². The summed E-state index contributed by atoms with van der Waals surface area (Å²) < 4.78 is 34.2. The summed E-state index contributed by atoms with van der Waals surface area (Å²) >= 11 is 6.10. The lowest BCUT2D eigenvalue weighted by molar-refractivity contribution is -0.140. The Hall–Kier alpha value is -3.56. The Bertz CT molecular complexity index is 1440. The molecule has 10 heteroatoms. The summed E-state index contributed by atoms with van der Waals surface area (Å²) in [6.07, 6.45) is 5.45. The van der Waals surface area contributed by atoms with Gasteiger partial charge < -0.3 is 15.0 Å². The van der Waals surface area contributed by atoms with Crippen LogP contribution in [0.2, 0.25) is 5.02 Å². The Balaban J connectivity index is 1.70. The van der Waals surface area contributed by atoms with E-state index in [0.29, 0.717) is 17.2 Å². The predicted octanol–water partition coefficient (Wildman–Crippen LogP) is 5.80. The minimum Gasteiger partial charge on any atom is -0.497 e. The van der Waals surface area contributed by atoms with Crippen molar-refractivity contribution in [1.82, 2.24) is 10.2 Å². The molecule has 0 heterocycles. The fourth-order valence-corrected chi connectivity index (χ4v) is 6.85. The molecule has 0 bridgehead atoms. The highest BCUT2D eigenvalue weighted by atomic mass is 35.5. The van der Waals surface area contributed by atoms with Gasteiger partial charge in [0.2, 0.25) is 11.8 Å². The molecule has 0 saturated heterocycles. The van der Waals surface area contributed by atoms with Gasteiger partial charge in [0.15, 0.2) is 0 Å². The molecule has 0 unspecified atom stereocenters. The second kappa shape index (κ2) is 14.6. The molecule has 8 nitrogen and oxygen atoms in total. The number of ether oxygens (including phenoxy) is 1. The molecule has 3 aromatic carbocycles. The zero-order valence-electron chi connectivity index (χ0n) is 24.0. The standard InChI is InChI=1S/C32H38ClN3O5S/c1-3-30(32(38)34-26-12-6-4-7-13-26)35(22-24-11-10-14-28(21-24)41-2)31(37)23-36(27-19-17-25(33)18-20-27)42(39,40)29-15-8-5-9-16-29/h5,8-11,14-21,26,30H,3-4,6-7,12-13,22-23H2,1-2H3,(H,34,38)/t30-/m1/s1. The highest BCUT2D eigenvalue weighted by Crippen LogP contribution is 2.27. The van der Waals surface area contributed by atoms with E-state index in [9.17, 15) is 18.0 Å². The number of methoxy groups -OCH3 is 1. The maximum absolute atomic E-state index is 14.2. The van der Waals surface area contributed by atoms with Gasteiger partial charge in [-0.2, -0.15) is 0 Å². The van der Waals surface area contributed by atoms with Crippen LogP contribution in [0.1, 0.15) is 51.0 Å². The van der Waals surface area contributed by atoms with Gasteiger partial charge in [0, 0.05) is 17.6 Å². The number of nitrogens with zero attached hydrogens (tertiary/aromatic N) is 2. The van der Waals surface area contributed by atoms with E-state index in [4.69, 9.17) is 16.3 Å². The summed E-state index contributed by atoms with van der Waals surface area (Å²) in [5.41, 5.74) is 1.05. The Morgan fingerprint density at radius 3 is 2.31 bits per heavy atom. The fourth-order valence-electron chi connectivity index (χ4n) is 5.29. The Morgan fingerprint density at radius 1 is 0.976 bits per heavy atom. The van der Waals surface area contributed by atoms with Gasteiger partial charge in [-0.3, -0.25) is 13.9 Å². The predicted molar refractivity (Wildman–Crippen MR) is 165 cm³/mol. The van der Waals surface area contributed by atoms with E-state index in [1.54, 1.807) is 55.6 Å². The minimum absolute atomic E-state index is 0.0502. The van der Waals surface area contributed by atoms with Crippen LogP contribution in [-0.2, 0) is 26.2 Å². The molecule has 4 rings (SSSR count). The maximum Gasteiger partial charge on any atom is 0.264 e. The zero-order valence-corrected chi connectivity index (χ0v) is 25.6. The third kappa shape index (κ3) is 7.83. The molecule has 1 aliphatic rings. The van der Waals surface area contributed by atoms with E-state index < -0.39 is 28.5 Å². The van der Waals surface area contributed by atoms with Crippen molar-refractivity contribution in [2.45, 2.75) is 69.0 Å². The molecule has 1 atom stereocenters. The van der Waals surface area contributed by atoms with Gasteiger partial charge >= 0.3 is 0 Å². The third-order valence-electron chi connectivity index (χ3n) is 7.55. The van der Waals surface area contributed by atoms with Crippen LogP contribution in [0.5, 0.6) is 5.75 Å². The summed E-state index contributed by atoms with van der Waals surface area (Å²) in [5, 5.41) is 3.59. The molecule has 42 heavy (non-hydrogen) atoms. The number of rotatable bonds is 12. The summed E-state index contributed by atoms with van der Waals surface area (Å²) in [6.45, 7) is 1.46. The molecule has 0 radical (unpaired) electrons. The number of nitrogens with one attached hydrogen (secondary N) is 1. The van der Waals surface area contributed by atoms with E-state index >= 15 is 0 Å². The first-order chi connectivity index (χ1) is 20.2. The number of anilines is 1. The van der Waals surface area contributed by atoms with E-state index in [1.165, 1.54) is 17.0 Å². The number of benzene rings is 3. The van der Waals surface area contributed by atoms with Crippen LogP contribution in [0.15, 0.2) is 83.8 Å². The number of carbonyl (C=O) groups excluding carboxylic acids is 2. The number of hydrogen-bond donors (Lipinski definition) is 1. The lowest BCUT2D eigenvalue weighted by atomic mass is 9.95. The molecule has 1 fully saturated rings. The van der Waals surface area contributed by atoms with Crippen LogP contribution in [0.4, 0.5) is 5.69 Å². The van der Waals surface area contributed by atoms with Crippen LogP contribution in [0.3, 0.4) is 0 Å². The fraction of sp³-hybridized carbons (Fsp3) is 0.375. The van der Waals surface area contributed by atoms with Crippen molar-refractivity contribution < 1.29 is 22.7 Å². The Morgan fingerprint density at radius 2 is 1.67 bits per heavy atom. The highest BCUT2D eigenvalue weighted by Gasteiger charge is 2.34. The molecule has 3 aromatic rings. The van der Waals surface area contributed by atoms with Gasteiger partial charge in [-0.05, 0) is 73.4 Å². The molecule has 224 valence electrons. The van der Waals surface area contributed by atoms with Gasteiger partial charge in [0.05, 0.1) is 17.7 Å². The lowest BCUT2D eigenvalue weighted by Crippen LogP contribution is -2.54. The first kappa shape index (κ1) is 31.4. The van der Waals surface area contributed by atoms with Gasteiger partial charge in [0.1, 0.15) is 18.3 Å². The van der Waals surface area contributed by atoms with Gasteiger partial charge in [-0.15, -0.1) is 0 Å². The average molecular weight is 612 g/mol. The van der Waals surface area contributed by atoms with E-state index in [2.05, 4.69) is 5.32 Å². The summed E-state index contributed by atoms with van der Waals surface area (Å²) in [7, 11) is -2.57. The Labute approximate surface area is 253 Å². The van der Waals surface area contributed by atoms with Crippen molar-refractivity contribution in [2.24, 2.45) is 0 Å². The number of halogens is 1. The first-order valence-electron chi connectivity index (χ1n) is 14.3. The Kier molecular flexibility index (Phi) is 10.9. The van der Waals surface area contributed by atoms with Crippen molar-refractivity contribution in [3.05, 3.63) is 89.4 Å². The second-order valence-electron chi connectivity index (χ2n) is 10.4. The van der Waals surface area contributed by atoms with Gasteiger partial charge in [0.25, 0.3) is 10.0 Å². The average Bonchev–Trinajstić information content (AvgIpc) is 3.01. The highest BCUT2D eigenvalue weighted by molar-refractivity contribution is 7.92. The van der Waals surface area contributed by atoms with Crippen molar-refractivity contribution >= 4 is 39.1 Å². The number of carbonyl (C=O) groups is 2. The summed E-state index contributed by atoms with van der Waals surface area (Å²) in [6, 6.07) is 20.8. The quantitative estimate of drug-likeness (QED) is 0.279. The summed E-state index contributed by atoms with van der Waals surface area (Å²) in [4.78, 5) is 29.4. The van der Waals surface area contributed by atoms with E-state index in [1.807, 2.05) is 25.1 Å². The number of amides is 2. The molecule has 0 aliphatic heterocycles. The lowest BCUT2D eigenvalue weighted by Gasteiger charge is -2.34. The smallest absolute Gasteiger partial charge is 0.264 e. The monoisotopic (exact) mass is 611 g/mol. The normalized spacial score (nSPS) is 14.5. The number of sulfonamides is 1. The molecule has 2 amide bonds. The third-order valence-corrected chi connectivity index (χ3v) is 9.59. The van der Waals surface area contributed by atoms with Crippen molar-refractivity contribution in [3.8, 4) is 5.75 Å². The molecule has 1 aliphatic carbocycles. The molecule has 0 spiro atoms. The zero-order chi connectivity index (χ0) is 30.1. The maximum atomic E-state index is 14.2. The molecule has 1 saturated carbocycles. The molecular weight excluding hydrogens is 574 g/mol. The first-order valence-corrected chi connectivity index (χ1v) is 16.1. The van der Waals surface area contributed by atoms with Crippen LogP contribution in [-0.4, -0.2) is 50.9 Å². The van der Waals surface area contributed by atoms with Crippen LogP contribution in [0.25, 0.3) is 0 Å². The van der Waals surface area contributed by atoms with Crippen LogP contribution >= 0.6 is 11.6 Å². The minimum atomic E-state index is -4.13. The topological polar surface area (TPSA) is 96.0 Å². The van der Waals surface area contributed by atoms with Crippen molar-refractivity contribution in [1.29, 1.82) is 0 Å². The SMILES string of the molecule is CC[C@H](C(=O)NC1CCCCC1)N(Cc1cccc(OC)c1)C(=O)CN(c1ccc(Cl)cc1)S(=O)(=O)c1ccccc1. The van der Waals surface area contributed by atoms with E-state index in [0.717, 1.165) is 42.0 Å². The van der Waals surface area contributed by atoms with Crippen LogP contribution < -0.4 is 14.4 Å². The number of hydrogen-bond acceptors (Lipinski definition) is 5. The van der Waals surface area contributed by atoms with Crippen molar-refractivity contribution in [2.75, 3.05) is 18.0 Å². The largest absolute Gasteiger partial charge is 0.497 e. The summed E-state index contributed by atoms with van der Waals surface area (Å²) in [5.74, 6) is -0.114. The molecular formula is C32H38ClN3O5S. The molecule has 0 aromatic heterocycles. The van der Waals surface area contributed by atoms with Crippen molar-refractivity contribution in [3.63, 3.8) is 0 Å².